The van der Waals surface area contributed by atoms with Gasteiger partial charge in [0.05, 0.1) is 0 Å². The molecule has 2 rings (SSSR count). The summed E-state index contributed by atoms with van der Waals surface area (Å²) in [6.45, 7) is 4.29. The average molecular weight is 215 g/mol. The topological polar surface area (TPSA) is 15.8 Å². The smallest absolute Gasteiger partial charge is 0.0453 e. The van der Waals surface area contributed by atoms with E-state index in [0.717, 1.165) is 12.3 Å². The van der Waals surface area contributed by atoms with Crippen LogP contribution in [0.1, 0.15) is 51.0 Å². The highest BCUT2D eigenvalue weighted by molar-refractivity contribution is 5.40. The summed E-state index contributed by atoms with van der Waals surface area (Å²) >= 11 is 0. The molecule has 0 saturated heterocycles. The molecule has 86 valence electrons. The van der Waals surface area contributed by atoms with E-state index < -0.39 is 0 Å². The van der Waals surface area contributed by atoms with Gasteiger partial charge in [0.1, 0.15) is 0 Å². The van der Waals surface area contributed by atoms with Gasteiger partial charge in [-0.15, -0.1) is 0 Å². The highest BCUT2D eigenvalue weighted by Gasteiger charge is 2.20. The second kappa shape index (κ2) is 5.20. The van der Waals surface area contributed by atoms with Gasteiger partial charge in [-0.2, -0.15) is 0 Å². The Hall–Kier alpha value is -1.24. The summed E-state index contributed by atoms with van der Waals surface area (Å²) in [6, 6.07) is 0. The lowest BCUT2D eigenvalue weighted by molar-refractivity contribution is 0.418. The molecule has 1 aliphatic rings. The first kappa shape index (κ1) is 11.3. The Morgan fingerprint density at radius 1 is 1.44 bits per heavy atom. The standard InChI is InChI=1S/C15H21N/c1-3-5-6-10-15-13(4-2)14(11-16-15)12-8-7-9-12/h4-6,10-12,16H,3,7-9H2,1-2H3/b6-5+,13-4-,15-10+. The van der Waals surface area contributed by atoms with Gasteiger partial charge >= 0.3 is 0 Å². The molecule has 0 amide bonds. The van der Waals surface area contributed by atoms with Gasteiger partial charge in [0.15, 0.2) is 0 Å². The van der Waals surface area contributed by atoms with Crippen molar-refractivity contribution in [2.24, 2.45) is 0 Å². The highest BCUT2D eigenvalue weighted by atomic mass is 14.7. The van der Waals surface area contributed by atoms with Crippen LogP contribution in [0.25, 0.3) is 12.2 Å². The van der Waals surface area contributed by atoms with Crippen LogP contribution in [-0.4, -0.2) is 4.98 Å². The van der Waals surface area contributed by atoms with Crippen molar-refractivity contribution in [3.05, 3.63) is 34.5 Å². The van der Waals surface area contributed by atoms with Crippen molar-refractivity contribution >= 4 is 12.2 Å². The van der Waals surface area contributed by atoms with Gasteiger partial charge in [0.2, 0.25) is 0 Å². The van der Waals surface area contributed by atoms with E-state index in [4.69, 9.17) is 0 Å². The van der Waals surface area contributed by atoms with Gasteiger partial charge in [0, 0.05) is 11.5 Å². The van der Waals surface area contributed by atoms with Gasteiger partial charge in [-0.05, 0) is 49.0 Å². The number of hydrogen-bond acceptors (Lipinski definition) is 0. The molecule has 1 saturated carbocycles. The number of aromatic amines is 1. The van der Waals surface area contributed by atoms with Crippen molar-refractivity contribution in [3.63, 3.8) is 0 Å². The zero-order valence-corrected chi connectivity index (χ0v) is 10.3. The maximum atomic E-state index is 3.40. The first-order valence-corrected chi connectivity index (χ1v) is 6.37. The van der Waals surface area contributed by atoms with Crippen LogP contribution in [0.5, 0.6) is 0 Å². The summed E-state index contributed by atoms with van der Waals surface area (Å²) in [5, 5.41) is 2.67. The Balaban J connectivity index is 2.37. The summed E-state index contributed by atoms with van der Waals surface area (Å²) in [5.41, 5.74) is 1.52. The molecule has 0 unspecified atom stereocenters. The summed E-state index contributed by atoms with van der Waals surface area (Å²) in [5.74, 6) is 0.805. The van der Waals surface area contributed by atoms with E-state index in [9.17, 15) is 0 Å². The SMILES string of the molecule is C/C=c1/c(C2CCC2)c[nH]/c1=C/C=C/CC. The van der Waals surface area contributed by atoms with Crippen LogP contribution in [-0.2, 0) is 0 Å². The lowest BCUT2D eigenvalue weighted by Gasteiger charge is -2.24. The summed E-state index contributed by atoms with van der Waals surface area (Å²) in [4.78, 5) is 3.40. The molecule has 0 aromatic carbocycles. The van der Waals surface area contributed by atoms with E-state index in [1.54, 1.807) is 0 Å². The van der Waals surface area contributed by atoms with Crippen LogP contribution in [0.4, 0.5) is 0 Å². The second-order valence-corrected chi connectivity index (χ2v) is 4.49. The number of nitrogens with one attached hydrogen (secondary N) is 1. The monoisotopic (exact) mass is 215 g/mol. The van der Waals surface area contributed by atoms with E-state index in [1.165, 1.54) is 35.4 Å². The van der Waals surface area contributed by atoms with E-state index in [1.807, 2.05) is 0 Å². The van der Waals surface area contributed by atoms with Crippen molar-refractivity contribution in [2.45, 2.75) is 45.4 Å². The quantitative estimate of drug-likeness (QED) is 0.798. The van der Waals surface area contributed by atoms with Gasteiger partial charge in [-0.3, -0.25) is 0 Å². The normalized spacial score (nSPS) is 19.6. The van der Waals surface area contributed by atoms with Gasteiger partial charge < -0.3 is 4.98 Å². The van der Waals surface area contributed by atoms with Crippen molar-refractivity contribution in [1.29, 1.82) is 0 Å². The van der Waals surface area contributed by atoms with Gasteiger partial charge in [-0.1, -0.05) is 31.6 Å². The van der Waals surface area contributed by atoms with Crippen molar-refractivity contribution < 1.29 is 0 Å². The molecule has 0 aliphatic heterocycles. The minimum absolute atomic E-state index is 0.805. The van der Waals surface area contributed by atoms with Crippen molar-refractivity contribution in [3.8, 4) is 0 Å². The predicted molar refractivity (Wildman–Crippen MR) is 70.7 cm³/mol. The maximum absolute atomic E-state index is 3.40. The fraction of sp³-hybridized carbons (Fsp3) is 0.467. The van der Waals surface area contributed by atoms with E-state index in [-0.39, 0.29) is 0 Å². The third-order valence-electron chi connectivity index (χ3n) is 3.45. The zero-order chi connectivity index (χ0) is 11.4. The number of aromatic nitrogens is 1. The third-order valence-corrected chi connectivity index (χ3v) is 3.45. The lowest BCUT2D eigenvalue weighted by Crippen LogP contribution is -2.27. The first-order valence-electron chi connectivity index (χ1n) is 6.37. The lowest BCUT2D eigenvalue weighted by atomic mass is 9.80. The first-order chi connectivity index (χ1) is 7.86. The summed E-state index contributed by atoms with van der Waals surface area (Å²) in [6.07, 6.45) is 16.2. The molecule has 0 radical (unpaired) electrons. The molecule has 0 bridgehead atoms. The fourth-order valence-electron chi connectivity index (χ4n) is 2.28. The van der Waals surface area contributed by atoms with Crippen LogP contribution in [0, 0.1) is 0 Å². The fourth-order valence-corrected chi connectivity index (χ4v) is 2.28. The molecule has 1 N–H and O–H groups in total. The van der Waals surface area contributed by atoms with Crippen LogP contribution < -0.4 is 10.6 Å². The Morgan fingerprint density at radius 2 is 2.25 bits per heavy atom. The minimum atomic E-state index is 0.805. The van der Waals surface area contributed by atoms with Crippen molar-refractivity contribution in [1.82, 2.24) is 4.98 Å². The molecular weight excluding hydrogens is 194 g/mol. The minimum Gasteiger partial charge on any atom is -0.361 e. The molecule has 0 spiro atoms. The highest BCUT2D eigenvalue weighted by Crippen LogP contribution is 2.33. The molecule has 1 fully saturated rings. The second-order valence-electron chi connectivity index (χ2n) is 4.49. The predicted octanol–water partition coefficient (Wildman–Crippen LogP) is 2.83. The van der Waals surface area contributed by atoms with Gasteiger partial charge in [0.25, 0.3) is 0 Å². The number of H-pyrrole nitrogens is 1. The zero-order valence-electron chi connectivity index (χ0n) is 10.3. The number of allylic oxidation sites excluding steroid dienone is 2. The van der Waals surface area contributed by atoms with Crippen molar-refractivity contribution in [2.75, 3.05) is 0 Å². The Morgan fingerprint density at radius 3 is 2.81 bits per heavy atom. The molecule has 1 heteroatoms. The van der Waals surface area contributed by atoms with Crippen LogP contribution >= 0.6 is 0 Å². The van der Waals surface area contributed by atoms with E-state index in [2.05, 4.69) is 49.3 Å². The largest absolute Gasteiger partial charge is 0.361 e. The molecule has 1 aromatic heterocycles. The van der Waals surface area contributed by atoms with Crippen LogP contribution in [0.3, 0.4) is 0 Å². The Kier molecular flexibility index (Phi) is 3.66. The Labute approximate surface area is 97.6 Å². The maximum Gasteiger partial charge on any atom is 0.0453 e. The molecule has 1 nitrogen and oxygen atoms in total. The van der Waals surface area contributed by atoms with E-state index >= 15 is 0 Å². The summed E-state index contributed by atoms with van der Waals surface area (Å²) in [7, 11) is 0. The van der Waals surface area contributed by atoms with Crippen LogP contribution in [0.2, 0.25) is 0 Å². The molecule has 1 aliphatic carbocycles. The van der Waals surface area contributed by atoms with E-state index in [0.29, 0.717) is 0 Å². The Bertz CT molecular complexity index is 472. The third kappa shape index (κ3) is 2.13. The molecule has 0 atom stereocenters. The van der Waals surface area contributed by atoms with Gasteiger partial charge in [-0.25, -0.2) is 0 Å². The van der Waals surface area contributed by atoms with Crippen LogP contribution in [0.15, 0.2) is 18.3 Å². The molecule has 1 aromatic rings. The molecular formula is C15H21N. The molecule has 16 heavy (non-hydrogen) atoms. The average Bonchev–Trinajstić information content (AvgIpc) is 2.59. The summed E-state index contributed by atoms with van der Waals surface area (Å²) < 4.78 is 0. The number of hydrogen-bond donors (Lipinski definition) is 1. The number of rotatable bonds is 3. The molecule has 1 heterocycles.